The molecule has 0 spiro atoms. The molecule has 4 nitrogen and oxygen atoms in total. The molecule has 110 valence electrons. The fourth-order valence-electron chi connectivity index (χ4n) is 2.60. The summed E-state index contributed by atoms with van der Waals surface area (Å²) in [5, 5.41) is 0. The minimum atomic E-state index is 0.237. The number of nitrogens with zero attached hydrogens (tertiary/aromatic N) is 2. The van der Waals surface area contributed by atoms with Crippen molar-refractivity contribution in [2.24, 2.45) is 5.73 Å². The van der Waals surface area contributed by atoms with Crippen LogP contribution in [0.4, 0.5) is 0 Å². The smallest absolute Gasteiger partial charge is 0.227 e. The molecule has 0 radical (unpaired) electrons. The predicted molar refractivity (Wildman–Crippen MR) is 81.7 cm³/mol. The highest BCUT2D eigenvalue weighted by Crippen LogP contribution is 2.12. The van der Waals surface area contributed by atoms with Gasteiger partial charge in [0.25, 0.3) is 0 Å². The van der Waals surface area contributed by atoms with E-state index in [1.165, 1.54) is 11.1 Å². The Balaban J connectivity index is 1.88. The molecule has 0 saturated carbocycles. The molecular formula is C16H25N3O. The van der Waals surface area contributed by atoms with Gasteiger partial charge in [-0.25, -0.2) is 0 Å². The van der Waals surface area contributed by atoms with Gasteiger partial charge in [0, 0.05) is 39.3 Å². The molecule has 1 fully saturated rings. The van der Waals surface area contributed by atoms with Crippen molar-refractivity contribution >= 4 is 5.91 Å². The van der Waals surface area contributed by atoms with Crippen molar-refractivity contribution in [1.82, 2.24) is 9.80 Å². The van der Waals surface area contributed by atoms with Gasteiger partial charge in [-0.15, -0.1) is 0 Å². The Labute approximate surface area is 121 Å². The van der Waals surface area contributed by atoms with E-state index in [-0.39, 0.29) is 5.91 Å². The third-order valence-electron chi connectivity index (χ3n) is 4.10. The van der Waals surface area contributed by atoms with Crippen molar-refractivity contribution in [3.63, 3.8) is 0 Å². The lowest BCUT2D eigenvalue weighted by Crippen LogP contribution is -2.50. The monoisotopic (exact) mass is 275 g/mol. The largest absolute Gasteiger partial charge is 0.340 e. The average molecular weight is 275 g/mol. The number of nitrogens with two attached hydrogens (primary N) is 1. The summed E-state index contributed by atoms with van der Waals surface area (Å²) in [6, 6.07) is 6.28. The Kier molecular flexibility index (Phi) is 5.15. The first kappa shape index (κ1) is 15.0. The molecular weight excluding hydrogens is 250 g/mol. The molecule has 0 aromatic heterocycles. The van der Waals surface area contributed by atoms with Crippen LogP contribution in [0.15, 0.2) is 18.2 Å². The van der Waals surface area contributed by atoms with Crippen LogP contribution in [-0.4, -0.2) is 55.0 Å². The zero-order valence-corrected chi connectivity index (χ0v) is 12.6. The van der Waals surface area contributed by atoms with Gasteiger partial charge in [0.15, 0.2) is 0 Å². The van der Waals surface area contributed by atoms with E-state index < -0.39 is 0 Å². The van der Waals surface area contributed by atoms with Crippen LogP contribution in [0, 0.1) is 13.8 Å². The Bertz CT molecular complexity index is 465. The number of carbonyl (C=O) groups is 1. The van der Waals surface area contributed by atoms with Crippen molar-refractivity contribution in [3.05, 3.63) is 34.9 Å². The Morgan fingerprint density at radius 2 is 1.85 bits per heavy atom. The number of benzene rings is 1. The topological polar surface area (TPSA) is 49.6 Å². The van der Waals surface area contributed by atoms with E-state index in [1.807, 2.05) is 4.90 Å². The van der Waals surface area contributed by atoms with Crippen LogP contribution in [0.5, 0.6) is 0 Å². The zero-order valence-electron chi connectivity index (χ0n) is 12.6. The number of piperazine rings is 1. The molecule has 1 aliphatic rings. The summed E-state index contributed by atoms with van der Waals surface area (Å²) in [5.41, 5.74) is 9.20. The van der Waals surface area contributed by atoms with Gasteiger partial charge in [-0.05, 0) is 30.5 Å². The second-order valence-corrected chi connectivity index (χ2v) is 5.61. The Hall–Kier alpha value is -1.39. The first-order valence-corrected chi connectivity index (χ1v) is 7.36. The first-order valence-electron chi connectivity index (χ1n) is 7.36. The number of hydrogen-bond acceptors (Lipinski definition) is 3. The second-order valence-electron chi connectivity index (χ2n) is 5.61. The second kappa shape index (κ2) is 6.86. The van der Waals surface area contributed by atoms with E-state index in [1.54, 1.807) is 0 Å². The molecule has 1 heterocycles. The molecule has 0 aliphatic carbocycles. The predicted octanol–water partition coefficient (Wildman–Crippen LogP) is 0.949. The van der Waals surface area contributed by atoms with Gasteiger partial charge in [0.2, 0.25) is 5.91 Å². The molecule has 1 saturated heterocycles. The SMILES string of the molecule is Cc1ccc(CC(=O)N2CCN(CCN)CC2)cc1C. The summed E-state index contributed by atoms with van der Waals surface area (Å²) in [7, 11) is 0. The summed E-state index contributed by atoms with van der Waals surface area (Å²) in [4.78, 5) is 16.6. The van der Waals surface area contributed by atoms with E-state index in [0.717, 1.165) is 38.3 Å². The molecule has 1 aromatic rings. The normalized spacial score (nSPS) is 16.4. The number of amides is 1. The van der Waals surface area contributed by atoms with Gasteiger partial charge in [0.05, 0.1) is 6.42 Å². The first-order chi connectivity index (χ1) is 9.60. The van der Waals surface area contributed by atoms with Crippen molar-refractivity contribution in [2.45, 2.75) is 20.3 Å². The molecule has 1 aliphatic heterocycles. The fourth-order valence-corrected chi connectivity index (χ4v) is 2.60. The highest BCUT2D eigenvalue weighted by Gasteiger charge is 2.20. The lowest BCUT2D eigenvalue weighted by Gasteiger charge is -2.34. The minimum absolute atomic E-state index is 0.237. The van der Waals surface area contributed by atoms with Crippen LogP contribution in [0.2, 0.25) is 0 Å². The minimum Gasteiger partial charge on any atom is -0.340 e. The van der Waals surface area contributed by atoms with Gasteiger partial charge < -0.3 is 10.6 Å². The molecule has 20 heavy (non-hydrogen) atoms. The lowest BCUT2D eigenvalue weighted by molar-refractivity contribution is -0.132. The average Bonchev–Trinajstić information content (AvgIpc) is 2.44. The van der Waals surface area contributed by atoms with Crippen LogP contribution in [-0.2, 0) is 11.2 Å². The summed E-state index contributed by atoms with van der Waals surface area (Å²) in [6.45, 7) is 9.33. The number of carbonyl (C=O) groups excluding carboxylic acids is 1. The maximum absolute atomic E-state index is 12.3. The quantitative estimate of drug-likeness (QED) is 0.890. The van der Waals surface area contributed by atoms with Crippen molar-refractivity contribution in [1.29, 1.82) is 0 Å². The number of hydrogen-bond donors (Lipinski definition) is 1. The molecule has 0 unspecified atom stereocenters. The highest BCUT2D eigenvalue weighted by molar-refractivity contribution is 5.79. The van der Waals surface area contributed by atoms with Gasteiger partial charge in [-0.1, -0.05) is 18.2 Å². The third-order valence-corrected chi connectivity index (χ3v) is 4.10. The third kappa shape index (κ3) is 3.81. The summed E-state index contributed by atoms with van der Waals surface area (Å²) in [6.07, 6.45) is 0.512. The van der Waals surface area contributed by atoms with E-state index in [4.69, 9.17) is 5.73 Å². The molecule has 4 heteroatoms. The van der Waals surface area contributed by atoms with Crippen LogP contribution >= 0.6 is 0 Å². The maximum Gasteiger partial charge on any atom is 0.227 e. The molecule has 2 rings (SSSR count). The number of rotatable bonds is 4. The molecule has 0 atom stereocenters. The van der Waals surface area contributed by atoms with Crippen molar-refractivity contribution in [2.75, 3.05) is 39.3 Å². The van der Waals surface area contributed by atoms with Crippen molar-refractivity contribution < 1.29 is 4.79 Å². The molecule has 1 amide bonds. The Morgan fingerprint density at radius 3 is 2.45 bits per heavy atom. The summed E-state index contributed by atoms with van der Waals surface area (Å²) < 4.78 is 0. The van der Waals surface area contributed by atoms with E-state index in [0.29, 0.717) is 13.0 Å². The van der Waals surface area contributed by atoms with Gasteiger partial charge in [0.1, 0.15) is 0 Å². The Morgan fingerprint density at radius 1 is 1.15 bits per heavy atom. The van der Waals surface area contributed by atoms with Crippen molar-refractivity contribution in [3.8, 4) is 0 Å². The summed E-state index contributed by atoms with van der Waals surface area (Å²) in [5.74, 6) is 0.237. The molecule has 0 bridgehead atoms. The van der Waals surface area contributed by atoms with E-state index in [2.05, 4.69) is 36.9 Å². The van der Waals surface area contributed by atoms with Gasteiger partial charge in [-0.2, -0.15) is 0 Å². The fraction of sp³-hybridized carbons (Fsp3) is 0.562. The van der Waals surface area contributed by atoms with Crippen LogP contribution in [0.25, 0.3) is 0 Å². The van der Waals surface area contributed by atoms with Crippen LogP contribution in [0.1, 0.15) is 16.7 Å². The zero-order chi connectivity index (χ0) is 14.5. The molecule has 1 aromatic carbocycles. The maximum atomic E-state index is 12.3. The van der Waals surface area contributed by atoms with E-state index >= 15 is 0 Å². The van der Waals surface area contributed by atoms with Crippen LogP contribution in [0.3, 0.4) is 0 Å². The van der Waals surface area contributed by atoms with Gasteiger partial charge >= 0.3 is 0 Å². The highest BCUT2D eigenvalue weighted by atomic mass is 16.2. The standard InChI is InChI=1S/C16H25N3O/c1-13-3-4-15(11-14(13)2)12-16(20)19-9-7-18(6-5-17)8-10-19/h3-4,11H,5-10,12,17H2,1-2H3. The summed E-state index contributed by atoms with van der Waals surface area (Å²) >= 11 is 0. The molecule has 2 N–H and O–H groups in total. The number of aryl methyl sites for hydroxylation is 2. The lowest BCUT2D eigenvalue weighted by atomic mass is 10.0. The van der Waals surface area contributed by atoms with Gasteiger partial charge in [-0.3, -0.25) is 9.69 Å². The van der Waals surface area contributed by atoms with E-state index in [9.17, 15) is 4.79 Å². The van der Waals surface area contributed by atoms with Crippen LogP contribution < -0.4 is 5.73 Å².